The lowest BCUT2D eigenvalue weighted by molar-refractivity contribution is 0.442. The summed E-state index contributed by atoms with van der Waals surface area (Å²) in [6, 6.07) is 7.03. The van der Waals surface area contributed by atoms with Crippen LogP contribution in [0.5, 0.6) is 0 Å². The van der Waals surface area contributed by atoms with Crippen molar-refractivity contribution in [2.24, 2.45) is 0 Å². The highest BCUT2D eigenvalue weighted by Crippen LogP contribution is 2.27. The molecule has 1 atom stereocenters. The van der Waals surface area contributed by atoms with E-state index in [0.29, 0.717) is 6.04 Å². The summed E-state index contributed by atoms with van der Waals surface area (Å²) in [7, 11) is 0. The van der Waals surface area contributed by atoms with Crippen LogP contribution in [0.15, 0.2) is 24.4 Å². The average Bonchev–Trinajstić information content (AvgIpc) is 2.71. The summed E-state index contributed by atoms with van der Waals surface area (Å²) >= 11 is 0. The van der Waals surface area contributed by atoms with Gasteiger partial charge in [-0.25, -0.2) is 0 Å². The van der Waals surface area contributed by atoms with Crippen molar-refractivity contribution in [3.05, 3.63) is 30.0 Å². The minimum Gasteiger partial charge on any atom is -0.372 e. The topological polar surface area (TPSA) is 57.2 Å². The third-order valence-electron chi connectivity index (χ3n) is 5.50. The van der Waals surface area contributed by atoms with Gasteiger partial charge in [0.25, 0.3) is 0 Å². The first-order valence-corrected chi connectivity index (χ1v) is 10.2. The van der Waals surface area contributed by atoms with Crippen LogP contribution in [0.4, 0.5) is 23.1 Å². The highest BCUT2D eigenvalue weighted by molar-refractivity contribution is 5.65. The zero-order chi connectivity index (χ0) is 19.2. The molecule has 3 rings (SSSR count). The molecule has 1 aliphatic heterocycles. The van der Waals surface area contributed by atoms with E-state index in [1.54, 1.807) is 6.20 Å². The van der Waals surface area contributed by atoms with Crippen molar-refractivity contribution in [2.75, 3.05) is 34.8 Å². The van der Waals surface area contributed by atoms with E-state index in [2.05, 4.69) is 71.2 Å². The van der Waals surface area contributed by atoms with Crippen LogP contribution in [0.2, 0.25) is 0 Å². The number of piperidine rings is 1. The number of nitrogens with zero attached hydrogens (tertiary/aromatic N) is 5. The second-order valence-electron chi connectivity index (χ2n) is 7.19. The summed E-state index contributed by atoms with van der Waals surface area (Å²) < 4.78 is 0. The van der Waals surface area contributed by atoms with Gasteiger partial charge >= 0.3 is 0 Å². The van der Waals surface area contributed by atoms with Crippen molar-refractivity contribution in [3.63, 3.8) is 0 Å². The third-order valence-corrected chi connectivity index (χ3v) is 5.50. The maximum absolute atomic E-state index is 4.75. The summed E-state index contributed by atoms with van der Waals surface area (Å²) in [6.07, 6.45) is 6.52. The summed E-state index contributed by atoms with van der Waals surface area (Å²) in [6.45, 7) is 11.8. The fourth-order valence-corrected chi connectivity index (χ4v) is 3.88. The van der Waals surface area contributed by atoms with Crippen molar-refractivity contribution in [2.45, 2.75) is 59.4 Å². The van der Waals surface area contributed by atoms with Gasteiger partial charge in [0.15, 0.2) is 5.82 Å². The molecule has 1 aromatic heterocycles. The first-order valence-electron chi connectivity index (χ1n) is 10.2. The van der Waals surface area contributed by atoms with Crippen LogP contribution in [0.3, 0.4) is 0 Å². The summed E-state index contributed by atoms with van der Waals surface area (Å²) in [4.78, 5) is 9.42. The van der Waals surface area contributed by atoms with E-state index < -0.39 is 0 Å². The minimum atomic E-state index is 0.519. The van der Waals surface area contributed by atoms with Crippen molar-refractivity contribution in [1.82, 2.24) is 15.2 Å². The maximum Gasteiger partial charge on any atom is 0.247 e. The number of aromatic nitrogens is 3. The predicted molar refractivity (Wildman–Crippen MR) is 113 cm³/mol. The van der Waals surface area contributed by atoms with Gasteiger partial charge in [-0.05, 0) is 70.2 Å². The van der Waals surface area contributed by atoms with E-state index in [1.165, 1.54) is 30.5 Å². The molecule has 0 spiro atoms. The van der Waals surface area contributed by atoms with Crippen LogP contribution >= 0.6 is 0 Å². The molecule has 1 fully saturated rings. The van der Waals surface area contributed by atoms with Crippen molar-refractivity contribution in [3.8, 4) is 0 Å². The Hall–Kier alpha value is -2.37. The van der Waals surface area contributed by atoms with E-state index in [-0.39, 0.29) is 0 Å². The Labute approximate surface area is 163 Å². The molecule has 0 bridgehead atoms. The number of nitrogens with one attached hydrogen (secondary N) is 1. The number of benzene rings is 1. The Morgan fingerprint density at radius 3 is 2.70 bits per heavy atom. The quantitative estimate of drug-likeness (QED) is 0.774. The smallest absolute Gasteiger partial charge is 0.247 e. The molecule has 0 radical (unpaired) electrons. The number of hydrogen-bond acceptors (Lipinski definition) is 6. The van der Waals surface area contributed by atoms with Gasteiger partial charge in [0, 0.05) is 37.1 Å². The van der Waals surface area contributed by atoms with Crippen LogP contribution in [-0.2, 0) is 0 Å². The van der Waals surface area contributed by atoms with Crippen LogP contribution < -0.4 is 15.1 Å². The highest BCUT2D eigenvalue weighted by Gasteiger charge is 2.23. The van der Waals surface area contributed by atoms with Crippen LogP contribution in [0, 0.1) is 6.92 Å². The van der Waals surface area contributed by atoms with Gasteiger partial charge in [-0.2, -0.15) is 10.1 Å². The van der Waals surface area contributed by atoms with Crippen molar-refractivity contribution < 1.29 is 0 Å². The molecule has 1 N–H and O–H groups in total. The van der Waals surface area contributed by atoms with Gasteiger partial charge in [-0.15, -0.1) is 5.10 Å². The van der Waals surface area contributed by atoms with E-state index >= 15 is 0 Å². The van der Waals surface area contributed by atoms with Gasteiger partial charge in [0.1, 0.15) is 0 Å². The second-order valence-corrected chi connectivity index (χ2v) is 7.19. The first kappa shape index (κ1) is 19.4. The molecule has 1 saturated heterocycles. The van der Waals surface area contributed by atoms with Gasteiger partial charge in [-0.1, -0.05) is 6.92 Å². The lowest BCUT2D eigenvalue weighted by atomic mass is 10.0. The Kier molecular flexibility index (Phi) is 6.48. The third kappa shape index (κ3) is 4.49. The Bertz CT molecular complexity index is 743. The molecular formula is C21H32N6. The zero-order valence-electron chi connectivity index (χ0n) is 17.1. The van der Waals surface area contributed by atoms with Crippen molar-refractivity contribution >= 4 is 23.1 Å². The lowest BCUT2D eigenvalue weighted by Crippen LogP contribution is -2.40. The molecular weight excluding hydrogens is 336 g/mol. The average molecular weight is 369 g/mol. The molecule has 0 aliphatic carbocycles. The van der Waals surface area contributed by atoms with Crippen molar-refractivity contribution in [1.29, 1.82) is 0 Å². The number of rotatable bonds is 7. The summed E-state index contributed by atoms with van der Waals surface area (Å²) in [5.41, 5.74) is 3.51. The van der Waals surface area contributed by atoms with Crippen LogP contribution in [-0.4, -0.2) is 40.9 Å². The standard InChI is InChI=1S/C21H32N6/c1-5-17-10-8-9-13-27(17)21-24-20(15-22-25-21)23-19-12-11-18(14-16(19)4)26(6-2)7-3/h11-12,14-15,17H,5-10,13H2,1-4H3,(H,23,24,25). The van der Waals surface area contributed by atoms with Gasteiger partial charge < -0.3 is 15.1 Å². The lowest BCUT2D eigenvalue weighted by Gasteiger charge is -2.34. The predicted octanol–water partition coefficient (Wildman–Crippen LogP) is 4.54. The van der Waals surface area contributed by atoms with Gasteiger partial charge in [0.05, 0.1) is 6.20 Å². The molecule has 2 heterocycles. The molecule has 0 saturated carbocycles. The minimum absolute atomic E-state index is 0.519. The molecule has 0 amide bonds. The van der Waals surface area contributed by atoms with Gasteiger partial charge in [-0.3, -0.25) is 0 Å². The van der Waals surface area contributed by atoms with E-state index in [1.807, 2.05) is 0 Å². The highest BCUT2D eigenvalue weighted by atomic mass is 15.3. The van der Waals surface area contributed by atoms with Gasteiger partial charge in [0.2, 0.25) is 5.95 Å². The molecule has 6 nitrogen and oxygen atoms in total. The van der Waals surface area contributed by atoms with Crippen LogP contribution in [0.1, 0.15) is 52.0 Å². The van der Waals surface area contributed by atoms with E-state index in [0.717, 1.165) is 43.5 Å². The van der Waals surface area contributed by atoms with E-state index in [4.69, 9.17) is 4.98 Å². The summed E-state index contributed by atoms with van der Waals surface area (Å²) in [5, 5.41) is 11.9. The molecule has 1 unspecified atom stereocenters. The second kappa shape index (κ2) is 9.02. The number of anilines is 4. The number of hydrogen-bond donors (Lipinski definition) is 1. The largest absolute Gasteiger partial charge is 0.372 e. The maximum atomic E-state index is 4.75. The normalized spacial score (nSPS) is 17.0. The number of aryl methyl sites for hydroxylation is 1. The fourth-order valence-electron chi connectivity index (χ4n) is 3.88. The molecule has 2 aromatic rings. The Morgan fingerprint density at radius 1 is 1.19 bits per heavy atom. The van der Waals surface area contributed by atoms with Crippen LogP contribution in [0.25, 0.3) is 0 Å². The summed E-state index contributed by atoms with van der Waals surface area (Å²) in [5.74, 6) is 1.49. The van der Waals surface area contributed by atoms with E-state index in [9.17, 15) is 0 Å². The first-order chi connectivity index (χ1) is 13.2. The monoisotopic (exact) mass is 368 g/mol. The Balaban J connectivity index is 1.78. The fraction of sp³-hybridized carbons (Fsp3) is 0.571. The zero-order valence-corrected chi connectivity index (χ0v) is 17.1. The molecule has 27 heavy (non-hydrogen) atoms. The Morgan fingerprint density at radius 2 is 2.00 bits per heavy atom. The molecule has 6 heteroatoms. The molecule has 1 aromatic carbocycles. The molecule has 1 aliphatic rings. The SMILES string of the molecule is CCC1CCCCN1c1nncc(Nc2ccc(N(CC)CC)cc2C)n1. The molecule has 146 valence electrons.